The van der Waals surface area contributed by atoms with Crippen LogP contribution in [0.2, 0.25) is 0 Å². The van der Waals surface area contributed by atoms with Gasteiger partial charge in [0.15, 0.2) is 0 Å². The first-order chi connectivity index (χ1) is 12.6. The highest BCUT2D eigenvalue weighted by atomic mass is 79.9. The predicted molar refractivity (Wildman–Crippen MR) is 108 cm³/mol. The molecule has 0 aliphatic carbocycles. The Kier molecular flexibility index (Phi) is 5.86. The molecule has 1 aromatic heterocycles. The van der Waals surface area contributed by atoms with Gasteiger partial charge >= 0.3 is 0 Å². The van der Waals surface area contributed by atoms with E-state index in [-0.39, 0.29) is 6.61 Å². The Labute approximate surface area is 165 Å². The lowest BCUT2D eigenvalue weighted by Gasteiger charge is -2.08. The van der Waals surface area contributed by atoms with Crippen molar-refractivity contribution >= 4 is 27.3 Å². The van der Waals surface area contributed by atoms with E-state index in [1.54, 1.807) is 32.7 Å². The van der Waals surface area contributed by atoms with Gasteiger partial charge in [0.2, 0.25) is 0 Å². The first-order valence-electron chi connectivity index (χ1n) is 7.90. The highest BCUT2D eigenvalue weighted by molar-refractivity contribution is 9.10. The fraction of sp³-hybridized carbons (Fsp3) is 0.200. The molecule has 0 bridgehead atoms. The molecular formula is C20H19BrO4S. The van der Waals surface area contributed by atoms with Crippen LogP contribution in [0.5, 0.6) is 17.2 Å². The summed E-state index contributed by atoms with van der Waals surface area (Å²) >= 11 is 5.31. The number of hydrogen-bond acceptors (Lipinski definition) is 5. The minimum Gasteiger partial charge on any atom is -0.497 e. The van der Waals surface area contributed by atoms with Crippen LogP contribution in [0.3, 0.4) is 0 Å². The number of benzene rings is 2. The topological polar surface area (TPSA) is 47.9 Å². The van der Waals surface area contributed by atoms with Gasteiger partial charge in [-0.2, -0.15) is 0 Å². The molecule has 0 fully saturated rings. The molecule has 6 heteroatoms. The molecule has 1 heterocycles. The summed E-state index contributed by atoms with van der Waals surface area (Å²) in [6.45, 7) is -0.0311. The van der Waals surface area contributed by atoms with Crippen molar-refractivity contribution in [3.8, 4) is 38.1 Å². The van der Waals surface area contributed by atoms with Crippen LogP contribution < -0.4 is 14.2 Å². The van der Waals surface area contributed by atoms with E-state index in [0.717, 1.165) is 48.2 Å². The fourth-order valence-electron chi connectivity index (χ4n) is 2.66. The average molecular weight is 435 g/mol. The minimum atomic E-state index is -0.0311. The van der Waals surface area contributed by atoms with Gasteiger partial charge in [-0.3, -0.25) is 0 Å². The van der Waals surface area contributed by atoms with Gasteiger partial charge in [-0.1, -0.05) is 0 Å². The zero-order valence-corrected chi connectivity index (χ0v) is 17.1. The number of aliphatic hydroxyl groups excluding tert-OH is 1. The summed E-state index contributed by atoms with van der Waals surface area (Å²) in [4.78, 5) is 2.15. The lowest BCUT2D eigenvalue weighted by molar-refractivity contribution is 0.281. The van der Waals surface area contributed by atoms with E-state index >= 15 is 0 Å². The van der Waals surface area contributed by atoms with Crippen molar-refractivity contribution in [2.75, 3.05) is 21.3 Å². The maximum atomic E-state index is 9.49. The van der Waals surface area contributed by atoms with E-state index in [9.17, 15) is 5.11 Å². The minimum absolute atomic E-state index is 0.0311. The van der Waals surface area contributed by atoms with E-state index in [1.807, 2.05) is 36.4 Å². The first-order valence-corrected chi connectivity index (χ1v) is 9.51. The third-order valence-electron chi connectivity index (χ3n) is 3.97. The quantitative estimate of drug-likeness (QED) is 0.566. The third-order valence-corrected chi connectivity index (χ3v) is 6.09. The summed E-state index contributed by atoms with van der Waals surface area (Å²) < 4.78 is 17.1. The molecule has 0 saturated heterocycles. The van der Waals surface area contributed by atoms with Gasteiger partial charge in [-0.05, 0) is 63.5 Å². The number of hydrogen-bond donors (Lipinski definition) is 1. The van der Waals surface area contributed by atoms with Gasteiger partial charge in [0.25, 0.3) is 0 Å². The molecule has 0 amide bonds. The van der Waals surface area contributed by atoms with Gasteiger partial charge in [-0.25, -0.2) is 0 Å². The SMILES string of the molecule is COc1cc(CO)cc(-c2cc(Br)c(-c3cc(OC)cc(OC)c3)s2)c1. The standard InChI is InChI=1S/C20H19BrO4S/c1-23-15-5-12(11-22)4-13(6-15)19-10-18(21)20(26-19)14-7-16(24-2)9-17(8-14)25-3/h4-10,22H,11H2,1-3H3. The first kappa shape index (κ1) is 18.8. The summed E-state index contributed by atoms with van der Waals surface area (Å²) in [5, 5.41) is 9.49. The molecule has 0 unspecified atom stereocenters. The Hall–Kier alpha value is -2.02. The number of thiophene rings is 1. The molecule has 0 aliphatic heterocycles. The number of methoxy groups -OCH3 is 3. The zero-order valence-electron chi connectivity index (χ0n) is 14.7. The predicted octanol–water partition coefficient (Wildman–Crippen LogP) is 5.36. The molecule has 0 saturated carbocycles. The van der Waals surface area contributed by atoms with Crippen LogP contribution >= 0.6 is 27.3 Å². The number of halogens is 1. The van der Waals surface area contributed by atoms with Crippen molar-refractivity contribution in [3.05, 3.63) is 52.5 Å². The summed E-state index contributed by atoms with van der Waals surface area (Å²) in [6, 6.07) is 13.6. The molecule has 26 heavy (non-hydrogen) atoms. The molecule has 3 aromatic rings. The van der Waals surface area contributed by atoms with E-state index in [1.165, 1.54) is 0 Å². The number of rotatable bonds is 6. The van der Waals surface area contributed by atoms with Crippen molar-refractivity contribution in [2.45, 2.75) is 6.61 Å². The van der Waals surface area contributed by atoms with Gasteiger partial charge in [-0.15, -0.1) is 11.3 Å². The lowest BCUT2D eigenvalue weighted by Crippen LogP contribution is -1.89. The normalized spacial score (nSPS) is 10.7. The Bertz CT molecular complexity index is 876. The molecule has 3 rings (SSSR count). The van der Waals surface area contributed by atoms with E-state index < -0.39 is 0 Å². The van der Waals surface area contributed by atoms with Crippen molar-refractivity contribution in [3.63, 3.8) is 0 Å². The lowest BCUT2D eigenvalue weighted by atomic mass is 10.1. The second-order valence-electron chi connectivity index (χ2n) is 5.62. The van der Waals surface area contributed by atoms with Gasteiger partial charge in [0.05, 0.1) is 27.9 Å². The van der Waals surface area contributed by atoms with Crippen molar-refractivity contribution in [2.24, 2.45) is 0 Å². The van der Waals surface area contributed by atoms with Crippen LogP contribution in [0.25, 0.3) is 20.9 Å². The van der Waals surface area contributed by atoms with Crippen molar-refractivity contribution in [1.29, 1.82) is 0 Å². The van der Waals surface area contributed by atoms with E-state index in [4.69, 9.17) is 14.2 Å². The molecule has 0 aliphatic rings. The smallest absolute Gasteiger partial charge is 0.123 e. The zero-order chi connectivity index (χ0) is 18.7. The molecule has 2 aromatic carbocycles. The Balaban J connectivity index is 2.08. The van der Waals surface area contributed by atoms with Gasteiger partial charge < -0.3 is 19.3 Å². The van der Waals surface area contributed by atoms with Crippen LogP contribution in [-0.2, 0) is 6.61 Å². The molecule has 0 radical (unpaired) electrons. The van der Waals surface area contributed by atoms with Crippen LogP contribution in [0.4, 0.5) is 0 Å². The maximum absolute atomic E-state index is 9.49. The molecule has 1 N–H and O–H groups in total. The third kappa shape index (κ3) is 3.87. The summed E-state index contributed by atoms with van der Waals surface area (Å²) in [7, 11) is 4.90. The second kappa shape index (κ2) is 8.12. The van der Waals surface area contributed by atoms with Gasteiger partial charge in [0, 0.05) is 25.9 Å². The van der Waals surface area contributed by atoms with Crippen LogP contribution in [0.15, 0.2) is 46.9 Å². The number of ether oxygens (including phenoxy) is 3. The van der Waals surface area contributed by atoms with Crippen LogP contribution in [-0.4, -0.2) is 26.4 Å². The Morgan fingerprint density at radius 2 is 1.38 bits per heavy atom. The maximum Gasteiger partial charge on any atom is 0.123 e. The summed E-state index contributed by atoms with van der Waals surface area (Å²) in [5.74, 6) is 2.20. The molecule has 136 valence electrons. The van der Waals surface area contributed by atoms with Crippen molar-refractivity contribution in [1.82, 2.24) is 0 Å². The molecule has 4 nitrogen and oxygen atoms in total. The second-order valence-corrected chi connectivity index (χ2v) is 7.52. The highest BCUT2D eigenvalue weighted by Crippen LogP contribution is 2.43. The monoisotopic (exact) mass is 434 g/mol. The summed E-state index contributed by atoms with van der Waals surface area (Å²) in [6.07, 6.45) is 0. The average Bonchev–Trinajstić information content (AvgIpc) is 3.08. The van der Waals surface area contributed by atoms with Gasteiger partial charge in [0.1, 0.15) is 17.2 Å². The van der Waals surface area contributed by atoms with Crippen LogP contribution in [0, 0.1) is 0 Å². The molecule has 0 atom stereocenters. The number of aliphatic hydroxyl groups is 1. The molecule has 0 spiro atoms. The van der Waals surface area contributed by atoms with E-state index in [2.05, 4.69) is 22.0 Å². The van der Waals surface area contributed by atoms with E-state index in [0.29, 0.717) is 0 Å². The van der Waals surface area contributed by atoms with Crippen molar-refractivity contribution < 1.29 is 19.3 Å². The highest BCUT2D eigenvalue weighted by Gasteiger charge is 2.14. The largest absolute Gasteiger partial charge is 0.497 e. The fourth-order valence-corrected chi connectivity index (χ4v) is 4.54. The summed E-state index contributed by atoms with van der Waals surface area (Å²) in [5.41, 5.74) is 2.82. The Morgan fingerprint density at radius 1 is 0.808 bits per heavy atom. The van der Waals surface area contributed by atoms with Crippen LogP contribution in [0.1, 0.15) is 5.56 Å². The molecular weight excluding hydrogens is 416 g/mol. The Morgan fingerprint density at radius 3 is 1.96 bits per heavy atom.